The molecule has 5 nitrogen and oxygen atoms in total. The second kappa shape index (κ2) is 10.3. The van der Waals surface area contributed by atoms with E-state index in [1.165, 1.54) is 22.3 Å². The lowest BCUT2D eigenvalue weighted by Crippen LogP contribution is -2.47. The number of rotatable bonds is 7. The van der Waals surface area contributed by atoms with Crippen LogP contribution in [0.2, 0.25) is 0 Å². The maximum absolute atomic E-state index is 11.8. The highest BCUT2D eigenvalue weighted by Crippen LogP contribution is 2.16. The van der Waals surface area contributed by atoms with Crippen LogP contribution in [0.25, 0.3) is 0 Å². The highest BCUT2D eigenvalue weighted by atomic mass is 35.5. The first-order valence-corrected chi connectivity index (χ1v) is 8.09. The molecule has 136 valence electrons. The third-order valence-corrected chi connectivity index (χ3v) is 3.98. The third kappa shape index (κ3) is 6.89. The van der Waals surface area contributed by atoms with Crippen LogP contribution in [-0.2, 0) is 16.0 Å². The van der Waals surface area contributed by atoms with Gasteiger partial charge in [-0.05, 0) is 49.8 Å². The second-order valence-corrected chi connectivity index (χ2v) is 6.46. The van der Waals surface area contributed by atoms with Gasteiger partial charge in [0, 0.05) is 6.54 Å². The van der Waals surface area contributed by atoms with Crippen LogP contribution < -0.4 is 16.4 Å². The van der Waals surface area contributed by atoms with Crippen LogP contribution in [0.15, 0.2) is 12.1 Å². The van der Waals surface area contributed by atoms with Crippen molar-refractivity contribution in [3.8, 4) is 0 Å². The number of hydrogen-bond acceptors (Lipinski definition) is 3. The molecule has 0 aliphatic rings. The Balaban J connectivity index is 0.00000529. The van der Waals surface area contributed by atoms with Crippen molar-refractivity contribution < 1.29 is 9.59 Å². The Morgan fingerprint density at radius 3 is 2.12 bits per heavy atom. The molecule has 0 radical (unpaired) electrons. The van der Waals surface area contributed by atoms with Gasteiger partial charge in [0.15, 0.2) is 0 Å². The van der Waals surface area contributed by atoms with Crippen LogP contribution >= 0.6 is 12.4 Å². The van der Waals surface area contributed by atoms with Gasteiger partial charge in [0.1, 0.15) is 0 Å². The maximum Gasteiger partial charge on any atom is 0.239 e. The van der Waals surface area contributed by atoms with E-state index in [0.717, 1.165) is 6.42 Å². The standard InChI is InChI=1S/C18H29N3O2.ClH/c1-11(2)17(19)18(23)21-10-16(22)20-7-6-15-13(4)8-12(3)9-14(15)5;/h8-9,11,17H,6-7,10,19H2,1-5H3,(H,20,22)(H,21,23);1H/t17-;/m0./s1. The van der Waals surface area contributed by atoms with E-state index in [1.54, 1.807) is 0 Å². The average molecular weight is 356 g/mol. The van der Waals surface area contributed by atoms with Gasteiger partial charge in [0.05, 0.1) is 12.6 Å². The summed E-state index contributed by atoms with van der Waals surface area (Å²) in [4.78, 5) is 23.5. The molecule has 0 saturated carbocycles. The molecule has 0 aliphatic carbocycles. The summed E-state index contributed by atoms with van der Waals surface area (Å²) in [5.74, 6) is -0.442. The van der Waals surface area contributed by atoms with Crippen molar-refractivity contribution in [1.82, 2.24) is 10.6 Å². The van der Waals surface area contributed by atoms with Crippen LogP contribution in [0.4, 0.5) is 0 Å². The van der Waals surface area contributed by atoms with Crippen molar-refractivity contribution in [2.24, 2.45) is 11.7 Å². The van der Waals surface area contributed by atoms with Gasteiger partial charge in [0.2, 0.25) is 11.8 Å². The minimum atomic E-state index is -0.583. The van der Waals surface area contributed by atoms with Crippen molar-refractivity contribution in [3.63, 3.8) is 0 Å². The summed E-state index contributed by atoms with van der Waals surface area (Å²) in [5, 5.41) is 5.40. The van der Waals surface area contributed by atoms with Crippen molar-refractivity contribution in [1.29, 1.82) is 0 Å². The number of nitrogens with one attached hydrogen (secondary N) is 2. The van der Waals surface area contributed by atoms with E-state index >= 15 is 0 Å². The molecule has 1 aromatic carbocycles. The molecule has 2 amide bonds. The minimum absolute atomic E-state index is 0. The zero-order valence-electron chi connectivity index (χ0n) is 15.2. The van der Waals surface area contributed by atoms with E-state index in [-0.39, 0.29) is 36.7 Å². The Bertz CT molecular complexity index is 550. The topological polar surface area (TPSA) is 84.2 Å². The first-order chi connectivity index (χ1) is 10.7. The Hall–Kier alpha value is -1.59. The Kier molecular flexibility index (Phi) is 9.63. The molecule has 0 unspecified atom stereocenters. The lowest BCUT2D eigenvalue weighted by molar-refractivity contribution is -0.127. The summed E-state index contributed by atoms with van der Waals surface area (Å²) in [6.45, 7) is 10.5. The molecule has 0 saturated heterocycles. The van der Waals surface area contributed by atoms with Crippen LogP contribution in [0.1, 0.15) is 36.1 Å². The fourth-order valence-electron chi connectivity index (χ4n) is 2.58. The predicted octanol–water partition coefficient (Wildman–Crippen LogP) is 1.79. The molecular weight excluding hydrogens is 326 g/mol. The first kappa shape index (κ1) is 22.4. The van der Waals surface area contributed by atoms with E-state index in [2.05, 4.69) is 43.5 Å². The highest BCUT2D eigenvalue weighted by molar-refractivity contribution is 5.87. The molecule has 1 rings (SSSR count). The molecule has 6 heteroatoms. The van der Waals surface area contributed by atoms with Gasteiger partial charge < -0.3 is 16.4 Å². The lowest BCUT2D eigenvalue weighted by Gasteiger charge is -2.15. The summed E-state index contributed by atoms with van der Waals surface area (Å²) in [6.07, 6.45) is 0.781. The van der Waals surface area contributed by atoms with Gasteiger partial charge in [0.25, 0.3) is 0 Å². The van der Waals surface area contributed by atoms with Gasteiger partial charge in [-0.15, -0.1) is 12.4 Å². The van der Waals surface area contributed by atoms with Gasteiger partial charge in [-0.1, -0.05) is 31.5 Å². The minimum Gasteiger partial charge on any atom is -0.354 e. The molecule has 4 N–H and O–H groups in total. The van der Waals surface area contributed by atoms with E-state index in [1.807, 2.05) is 13.8 Å². The Morgan fingerprint density at radius 1 is 1.08 bits per heavy atom. The number of nitrogens with two attached hydrogens (primary N) is 1. The first-order valence-electron chi connectivity index (χ1n) is 8.09. The zero-order valence-corrected chi connectivity index (χ0v) is 16.0. The molecule has 0 aliphatic heterocycles. The fraction of sp³-hybridized carbons (Fsp3) is 0.556. The Morgan fingerprint density at radius 2 is 1.62 bits per heavy atom. The molecule has 24 heavy (non-hydrogen) atoms. The van der Waals surface area contributed by atoms with Crippen molar-refractivity contribution >= 4 is 24.2 Å². The second-order valence-electron chi connectivity index (χ2n) is 6.46. The smallest absolute Gasteiger partial charge is 0.239 e. The van der Waals surface area contributed by atoms with E-state index in [0.29, 0.717) is 6.54 Å². The molecule has 0 fully saturated rings. The van der Waals surface area contributed by atoms with Gasteiger partial charge in [-0.25, -0.2) is 0 Å². The number of amides is 2. The quantitative estimate of drug-likeness (QED) is 0.697. The predicted molar refractivity (Wildman–Crippen MR) is 100 cm³/mol. The van der Waals surface area contributed by atoms with Crippen molar-refractivity contribution in [2.45, 2.75) is 47.1 Å². The van der Waals surface area contributed by atoms with Crippen molar-refractivity contribution in [2.75, 3.05) is 13.1 Å². The summed E-state index contributed by atoms with van der Waals surface area (Å²) in [6, 6.07) is 3.72. The van der Waals surface area contributed by atoms with E-state index in [4.69, 9.17) is 5.73 Å². The summed E-state index contributed by atoms with van der Waals surface area (Å²) >= 11 is 0. The monoisotopic (exact) mass is 355 g/mol. The number of carbonyl (C=O) groups excluding carboxylic acids is 2. The molecule has 0 spiro atoms. The number of halogens is 1. The lowest BCUT2D eigenvalue weighted by atomic mass is 9.97. The van der Waals surface area contributed by atoms with Gasteiger partial charge in [-0.3, -0.25) is 9.59 Å². The van der Waals surface area contributed by atoms with Gasteiger partial charge >= 0.3 is 0 Å². The van der Waals surface area contributed by atoms with Crippen LogP contribution in [0.5, 0.6) is 0 Å². The molecule has 0 bridgehead atoms. The molecule has 0 heterocycles. The fourth-order valence-corrected chi connectivity index (χ4v) is 2.58. The Labute approximate surface area is 151 Å². The third-order valence-electron chi connectivity index (χ3n) is 3.98. The number of benzene rings is 1. The molecule has 1 aromatic rings. The number of carbonyl (C=O) groups is 2. The largest absolute Gasteiger partial charge is 0.354 e. The summed E-state index contributed by atoms with van der Waals surface area (Å²) < 4.78 is 0. The maximum atomic E-state index is 11.8. The van der Waals surface area contributed by atoms with Crippen molar-refractivity contribution in [3.05, 3.63) is 34.4 Å². The van der Waals surface area contributed by atoms with Crippen LogP contribution in [0.3, 0.4) is 0 Å². The SMILES string of the molecule is Cc1cc(C)c(CCNC(=O)CNC(=O)[C@@H](N)C(C)C)c(C)c1.Cl. The van der Waals surface area contributed by atoms with Crippen LogP contribution in [0, 0.1) is 26.7 Å². The van der Waals surface area contributed by atoms with Gasteiger partial charge in [-0.2, -0.15) is 0 Å². The molecular formula is C18H30ClN3O2. The van der Waals surface area contributed by atoms with E-state index < -0.39 is 6.04 Å². The summed E-state index contributed by atoms with van der Waals surface area (Å²) in [7, 11) is 0. The average Bonchev–Trinajstić information content (AvgIpc) is 2.46. The highest BCUT2D eigenvalue weighted by Gasteiger charge is 2.17. The number of hydrogen-bond donors (Lipinski definition) is 3. The number of aryl methyl sites for hydroxylation is 3. The zero-order chi connectivity index (χ0) is 17.6. The molecule has 0 aromatic heterocycles. The van der Waals surface area contributed by atoms with E-state index in [9.17, 15) is 9.59 Å². The van der Waals surface area contributed by atoms with Crippen LogP contribution in [-0.4, -0.2) is 30.9 Å². The summed E-state index contributed by atoms with van der Waals surface area (Å²) in [5.41, 5.74) is 10.7. The molecule has 1 atom stereocenters. The normalized spacial score (nSPS) is 11.6.